The summed E-state index contributed by atoms with van der Waals surface area (Å²) in [5.74, 6) is -0.634. The van der Waals surface area contributed by atoms with E-state index in [0.29, 0.717) is 12.4 Å². The van der Waals surface area contributed by atoms with Crippen LogP contribution >= 0.6 is 0 Å². The summed E-state index contributed by atoms with van der Waals surface area (Å²) in [5, 5.41) is 8.73. The Balaban J connectivity index is 2.66. The van der Waals surface area contributed by atoms with Crippen molar-refractivity contribution in [2.24, 2.45) is 0 Å². The number of unbranched alkanes of at least 4 members (excludes halogenated alkanes) is 2. The number of ether oxygens (including phenoxy) is 1. The van der Waals surface area contributed by atoms with Gasteiger partial charge < -0.3 is 9.84 Å². The third-order valence-corrected chi connectivity index (χ3v) is 4.41. The first-order chi connectivity index (χ1) is 9.86. The molecule has 21 heavy (non-hydrogen) atoms. The Bertz CT molecular complexity index is 553. The Kier molecular flexibility index (Phi) is 6.64. The number of carboxylic acids is 1. The van der Waals surface area contributed by atoms with Gasteiger partial charge in [0.15, 0.2) is 0 Å². The average Bonchev–Trinajstić information content (AvgIpc) is 2.43. The Morgan fingerprint density at radius 3 is 2.43 bits per heavy atom. The summed E-state index contributed by atoms with van der Waals surface area (Å²) in [5.41, 5.74) is 0. The third-order valence-electron chi connectivity index (χ3n) is 2.85. The predicted molar refractivity (Wildman–Crippen MR) is 78.9 cm³/mol. The fraction of sp³-hybridized carbons (Fsp3) is 0.500. The average molecular weight is 315 g/mol. The standard InChI is InChI=1S/C14H21NO5S/c1-3-4-5-10-20-12-6-8-13(9-7-12)21(18,19)15-11(2)14(16)17/h6-9,11,15H,3-5,10H2,1-2H3,(H,16,17)/t11-/m0/s1. The van der Waals surface area contributed by atoms with E-state index in [1.54, 1.807) is 12.1 Å². The van der Waals surface area contributed by atoms with Gasteiger partial charge in [0.1, 0.15) is 11.8 Å². The van der Waals surface area contributed by atoms with E-state index >= 15 is 0 Å². The van der Waals surface area contributed by atoms with Crippen LogP contribution in [0.2, 0.25) is 0 Å². The normalized spacial score (nSPS) is 12.9. The minimum Gasteiger partial charge on any atom is -0.494 e. The predicted octanol–water partition coefficient (Wildman–Crippen LogP) is 2.01. The topological polar surface area (TPSA) is 92.7 Å². The third kappa shape index (κ3) is 5.73. The minimum atomic E-state index is -3.84. The van der Waals surface area contributed by atoms with Crippen molar-refractivity contribution >= 4 is 16.0 Å². The first-order valence-corrected chi connectivity index (χ1v) is 8.33. The quantitative estimate of drug-likeness (QED) is 0.680. The summed E-state index contributed by atoms with van der Waals surface area (Å²) in [4.78, 5) is 10.7. The lowest BCUT2D eigenvalue weighted by atomic mass is 10.3. The highest BCUT2D eigenvalue weighted by molar-refractivity contribution is 7.89. The van der Waals surface area contributed by atoms with Gasteiger partial charge in [0.25, 0.3) is 0 Å². The summed E-state index contributed by atoms with van der Waals surface area (Å²) >= 11 is 0. The highest BCUT2D eigenvalue weighted by Crippen LogP contribution is 2.16. The van der Waals surface area contributed by atoms with Crippen LogP contribution in [0.5, 0.6) is 5.75 Å². The molecule has 0 unspecified atom stereocenters. The maximum Gasteiger partial charge on any atom is 0.321 e. The van der Waals surface area contributed by atoms with E-state index in [4.69, 9.17) is 9.84 Å². The van der Waals surface area contributed by atoms with Crippen LogP contribution in [0.3, 0.4) is 0 Å². The zero-order chi connectivity index (χ0) is 15.9. The fourth-order valence-electron chi connectivity index (χ4n) is 1.61. The number of rotatable bonds is 9. The second-order valence-electron chi connectivity index (χ2n) is 4.71. The SMILES string of the molecule is CCCCCOc1ccc(S(=O)(=O)N[C@@H](C)C(=O)O)cc1. The molecule has 2 N–H and O–H groups in total. The molecular weight excluding hydrogens is 294 g/mol. The molecule has 0 aliphatic carbocycles. The highest BCUT2D eigenvalue weighted by atomic mass is 32.2. The van der Waals surface area contributed by atoms with Crippen LogP contribution < -0.4 is 9.46 Å². The van der Waals surface area contributed by atoms with E-state index in [1.165, 1.54) is 19.1 Å². The summed E-state index contributed by atoms with van der Waals surface area (Å²) in [6.07, 6.45) is 3.14. The van der Waals surface area contributed by atoms with Crippen molar-refractivity contribution in [2.75, 3.05) is 6.61 Å². The molecule has 0 heterocycles. The molecule has 1 rings (SSSR count). The molecule has 0 aromatic heterocycles. The molecule has 0 aliphatic heterocycles. The molecule has 1 atom stereocenters. The van der Waals surface area contributed by atoms with E-state index in [9.17, 15) is 13.2 Å². The molecule has 118 valence electrons. The zero-order valence-corrected chi connectivity index (χ0v) is 13.0. The number of hydrogen-bond acceptors (Lipinski definition) is 4. The Labute approximate surface area is 125 Å². The smallest absolute Gasteiger partial charge is 0.321 e. The lowest BCUT2D eigenvalue weighted by Crippen LogP contribution is -2.38. The van der Waals surface area contributed by atoms with Crippen LogP contribution in [0.4, 0.5) is 0 Å². The highest BCUT2D eigenvalue weighted by Gasteiger charge is 2.21. The molecule has 0 bridgehead atoms. The van der Waals surface area contributed by atoms with Gasteiger partial charge >= 0.3 is 5.97 Å². The molecule has 0 radical (unpaired) electrons. The first-order valence-electron chi connectivity index (χ1n) is 6.85. The molecule has 0 fully saturated rings. The summed E-state index contributed by atoms with van der Waals surface area (Å²) in [6.45, 7) is 3.96. The van der Waals surface area contributed by atoms with Gasteiger partial charge in [-0.05, 0) is 37.6 Å². The molecule has 7 heteroatoms. The van der Waals surface area contributed by atoms with Crippen molar-refractivity contribution in [1.29, 1.82) is 0 Å². The Morgan fingerprint density at radius 1 is 1.29 bits per heavy atom. The summed E-state index contributed by atoms with van der Waals surface area (Å²) in [7, 11) is -3.84. The molecule has 1 aromatic rings. The van der Waals surface area contributed by atoms with E-state index in [0.717, 1.165) is 19.3 Å². The number of benzene rings is 1. The number of hydrogen-bond donors (Lipinski definition) is 2. The van der Waals surface area contributed by atoms with Gasteiger partial charge in [0.2, 0.25) is 10.0 Å². The van der Waals surface area contributed by atoms with E-state index in [2.05, 4.69) is 11.6 Å². The van der Waals surface area contributed by atoms with Crippen molar-refractivity contribution in [3.8, 4) is 5.75 Å². The van der Waals surface area contributed by atoms with Crippen molar-refractivity contribution in [3.63, 3.8) is 0 Å². The molecule has 0 saturated heterocycles. The lowest BCUT2D eigenvalue weighted by molar-refractivity contribution is -0.138. The zero-order valence-electron chi connectivity index (χ0n) is 12.2. The summed E-state index contributed by atoms with van der Waals surface area (Å²) in [6, 6.07) is 4.73. The molecule has 6 nitrogen and oxygen atoms in total. The first kappa shape index (κ1) is 17.5. The number of sulfonamides is 1. The second-order valence-corrected chi connectivity index (χ2v) is 6.42. The van der Waals surface area contributed by atoms with Crippen LogP contribution in [0.1, 0.15) is 33.1 Å². The number of carboxylic acid groups (broad SMARTS) is 1. The molecule has 0 amide bonds. The van der Waals surface area contributed by atoms with E-state index in [1.807, 2.05) is 0 Å². The van der Waals surface area contributed by atoms with Gasteiger partial charge in [0, 0.05) is 0 Å². The van der Waals surface area contributed by atoms with Gasteiger partial charge in [-0.25, -0.2) is 8.42 Å². The van der Waals surface area contributed by atoms with E-state index < -0.39 is 22.0 Å². The number of carbonyl (C=O) groups is 1. The minimum absolute atomic E-state index is 0.0107. The van der Waals surface area contributed by atoms with Crippen molar-refractivity contribution in [2.45, 2.75) is 44.0 Å². The number of nitrogens with one attached hydrogen (secondary N) is 1. The molecule has 1 aromatic carbocycles. The van der Waals surface area contributed by atoms with Crippen LogP contribution in [0, 0.1) is 0 Å². The molecule has 0 aliphatic rings. The molecule has 0 spiro atoms. The van der Waals surface area contributed by atoms with Crippen LogP contribution in [-0.4, -0.2) is 32.1 Å². The maximum absolute atomic E-state index is 11.9. The van der Waals surface area contributed by atoms with Crippen LogP contribution in [0.25, 0.3) is 0 Å². The fourth-order valence-corrected chi connectivity index (χ4v) is 2.81. The Hall–Kier alpha value is -1.60. The largest absolute Gasteiger partial charge is 0.494 e. The number of aliphatic carboxylic acids is 1. The van der Waals surface area contributed by atoms with Crippen LogP contribution in [0.15, 0.2) is 29.2 Å². The van der Waals surface area contributed by atoms with Gasteiger partial charge in [-0.2, -0.15) is 4.72 Å². The van der Waals surface area contributed by atoms with Gasteiger partial charge in [-0.1, -0.05) is 19.8 Å². The van der Waals surface area contributed by atoms with Crippen molar-refractivity contribution in [1.82, 2.24) is 4.72 Å². The monoisotopic (exact) mass is 315 g/mol. The second kappa shape index (κ2) is 7.99. The van der Waals surface area contributed by atoms with Gasteiger partial charge in [-0.3, -0.25) is 4.79 Å². The lowest BCUT2D eigenvalue weighted by Gasteiger charge is -2.11. The summed E-state index contributed by atoms with van der Waals surface area (Å²) < 4.78 is 31.5. The van der Waals surface area contributed by atoms with Crippen LogP contribution in [-0.2, 0) is 14.8 Å². The maximum atomic E-state index is 11.9. The van der Waals surface area contributed by atoms with Crippen molar-refractivity contribution in [3.05, 3.63) is 24.3 Å². The van der Waals surface area contributed by atoms with E-state index in [-0.39, 0.29) is 4.90 Å². The molecule has 0 saturated carbocycles. The molecular formula is C14H21NO5S. The Morgan fingerprint density at radius 2 is 1.90 bits per heavy atom. The van der Waals surface area contributed by atoms with Crippen molar-refractivity contribution < 1.29 is 23.1 Å². The van der Waals surface area contributed by atoms with Gasteiger partial charge in [0.05, 0.1) is 11.5 Å². The van der Waals surface area contributed by atoms with Gasteiger partial charge in [-0.15, -0.1) is 0 Å².